The summed E-state index contributed by atoms with van der Waals surface area (Å²) in [6.07, 6.45) is -4.04. The molecule has 1 aromatic rings. The van der Waals surface area contributed by atoms with Crippen molar-refractivity contribution in [3.05, 3.63) is 12.3 Å². The highest BCUT2D eigenvalue weighted by molar-refractivity contribution is 5.69. The van der Waals surface area contributed by atoms with Crippen molar-refractivity contribution in [2.45, 2.75) is 50.9 Å². The number of ether oxygens (including phenoxy) is 1. The van der Waals surface area contributed by atoms with E-state index < -0.39 is 30.0 Å². The molecule has 1 aliphatic heterocycles. The highest BCUT2D eigenvalue weighted by Gasteiger charge is 2.58. The smallest absolute Gasteiger partial charge is 0.413 e. The van der Waals surface area contributed by atoms with Gasteiger partial charge in [0.1, 0.15) is 11.4 Å². The Hall–Kier alpha value is -1.93. The van der Waals surface area contributed by atoms with Gasteiger partial charge in [-0.15, -0.1) is 0 Å². The third-order valence-corrected chi connectivity index (χ3v) is 3.59. The minimum absolute atomic E-state index is 0.198. The number of hydrogen-bond acceptors (Lipinski definition) is 4. The molecular weight excluding hydrogens is 313 g/mol. The second-order valence-corrected chi connectivity index (χ2v) is 6.66. The second kappa shape index (κ2) is 5.93. The zero-order valence-electron chi connectivity index (χ0n) is 13.3. The van der Waals surface area contributed by atoms with Gasteiger partial charge in [-0.1, -0.05) is 0 Å². The van der Waals surface area contributed by atoms with Gasteiger partial charge in [-0.3, -0.25) is 5.10 Å². The Morgan fingerprint density at radius 2 is 2.13 bits per heavy atom. The number of anilines is 1. The molecule has 1 atom stereocenters. The van der Waals surface area contributed by atoms with Crippen molar-refractivity contribution >= 4 is 11.9 Å². The van der Waals surface area contributed by atoms with Gasteiger partial charge in [0, 0.05) is 18.8 Å². The Morgan fingerprint density at radius 3 is 2.65 bits per heavy atom. The summed E-state index contributed by atoms with van der Waals surface area (Å²) in [5.41, 5.74) is -3.22. The maximum Gasteiger partial charge on any atom is 0.413 e. The van der Waals surface area contributed by atoms with E-state index in [-0.39, 0.29) is 12.8 Å². The van der Waals surface area contributed by atoms with Crippen LogP contribution in [-0.4, -0.2) is 46.7 Å². The molecule has 23 heavy (non-hydrogen) atoms. The first kappa shape index (κ1) is 17.4. The van der Waals surface area contributed by atoms with E-state index >= 15 is 0 Å². The number of halogens is 3. The number of H-pyrrole nitrogens is 1. The van der Waals surface area contributed by atoms with E-state index in [1.807, 2.05) is 0 Å². The van der Waals surface area contributed by atoms with Crippen molar-refractivity contribution in [1.29, 1.82) is 0 Å². The van der Waals surface area contributed by atoms with E-state index in [4.69, 9.17) is 4.74 Å². The van der Waals surface area contributed by atoms with Crippen molar-refractivity contribution < 1.29 is 22.7 Å². The normalized spacial score (nSPS) is 22.8. The maximum atomic E-state index is 13.7. The minimum Gasteiger partial charge on any atom is -0.444 e. The number of carbonyl (C=O) groups is 1. The van der Waals surface area contributed by atoms with Gasteiger partial charge in [-0.2, -0.15) is 18.3 Å². The standard InChI is InChI=1S/C14H21F3N4O2/c1-12(2,3)23-11(22)19-13(14(15,16)17)6-4-8-21(9-13)10-5-7-18-20-10/h5,7H,4,6,8-9H2,1-3H3,(H,18,20)(H,19,22). The molecule has 1 fully saturated rings. The van der Waals surface area contributed by atoms with Gasteiger partial charge in [-0.05, 0) is 33.6 Å². The molecule has 0 bridgehead atoms. The SMILES string of the molecule is CC(C)(C)OC(=O)NC1(C(F)(F)F)CCCN(c2cc[nH]n2)C1. The Balaban J connectivity index is 2.21. The molecule has 1 aromatic heterocycles. The first-order chi connectivity index (χ1) is 10.5. The van der Waals surface area contributed by atoms with Gasteiger partial charge in [0.2, 0.25) is 0 Å². The Kier molecular flexibility index (Phi) is 4.50. The predicted octanol–water partition coefficient (Wildman–Crippen LogP) is 2.84. The lowest BCUT2D eigenvalue weighted by Crippen LogP contribution is -2.67. The van der Waals surface area contributed by atoms with Gasteiger partial charge in [0.25, 0.3) is 0 Å². The summed E-state index contributed by atoms with van der Waals surface area (Å²) >= 11 is 0. The third kappa shape index (κ3) is 4.08. The van der Waals surface area contributed by atoms with Gasteiger partial charge < -0.3 is 15.0 Å². The zero-order valence-corrected chi connectivity index (χ0v) is 13.3. The number of aromatic nitrogens is 2. The van der Waals surface area contributed by atoms with Crippen LogP contribution in [0.5, 0.6) is 0 Å². The van der Waals surface area contributed by atoms with Gasteiger partial charge in [-0.25, -0.2) is 4.79 Å². The van der Waals surface area contributed by atoms with Crippen LogP contribution in [0.2, 0.25) is 0 Å². The number of alkyl carbamates (subject to hydrolysis) is 1. The molecule has 0 radical (unpaired) electrons. The van der Waals surface area contributed by atoms with Crippen LogP contribution in [-0.2, 0) is 4.74 Å². The fourth-order valence-electron chi connectivity index (χ4n) is 2.58. The number of nitrogens with zero attached hydrogens (tertiary/aromatic N) is 2. The summed E-state index contributed by atoms with van der Waals surface area (Å²) in [5.74, 6) is 0.421. The van der Waals surface area contributed by atoms with Crippen LogP contribution in [0.1, 0.15) is 33.6 Å². The van der Waals surface area contributed by atoms with Crippen molar-refractivity contribution in [3.63, 3.8) is 0 Å². The lowest BCUT2D eigenvalue weighted by molar-refractivity contribution is -0.197. The van der Waals surface area contributed by atoms with Crippen LogP contribution in [0.25, 0.3) is 0 Å². The summed E-state index contributed by atoms with van der Waals surface area (Å²) in [7, 11) is 0. The zero-order chi connectivity index (χ0) is 17.3. The van der Waals surface area contributed by atoms with Gasteiger partial charge >= 0.3 is 12.3 Å². The summed E-state index contributed by atoms with van der Waals surface area (Å²) in [4.78, 5) is 13.4. The average molecular weight is 334 g/mol. The van der Waals surface area contributed by atoms with Gasteiger partial charge in [0.15, 0.2) is 5.54 Å². The number of nitrogens with one attached hydrogen (secondary N) is 2. The number of piperidine rings is 1. The largest absolute Gasteiger partial charge is 0.444 e. The fourth-order valence-corrected chi connectivity index (χ4v) is 2.58. The van der Waals surface area contributed by atoms with Crippen LogP contribution in [0.4, 0.5) is 23.8 Å². The van der Waals surface area contributed by atoms with Crippen LogP contribution >= 0.6 is 0 Å². The van der Waals surface area contributed by atoms with Gasteiger partial charge in [0.05, 0.1) is 6.54 Å². The van der Waals surface area contributed by atoms with E-state index in [0.717, 1.165) is 0 Å². The molecule has 6 nitrogen and oxygen atoms in total. The number of amides is 1. The molecule has 130 valence electrons. The molecule has 2 N–H and O–H groups in total. The quantitative estimate of drug-likeness (QED) is 0.872. The summed E-state index contributed by atoms with van der Waals surface area (Å²) in [6, 6.07) is 1.60. The molecule has 1 unspecified atom stereocenters. The summed E-state index contributed by atoms with van der Waals surface area (Å²) in [5, 5.41) is 8.55. The number of rotatable bonds is 2. The molecule has 0 aromatic carbocycles. The molecule has 9 heteroatoms. The number of aromatic amines is 1. The van der Waals surface area contributed by atoms with Crippen LogP contribution in [0.3, 0.4) is 0 Å². The Morgan fingerprint density at radius 1 is 1.43 bits per heavy atom. The minimum atomic E-state index is -4.60. The van der Waals surface area contributed by atoms with E-state index in [1.54, 1.807) is 33.0 Å². The lowest BCUT2D eigenvalue weighted by atomic mass is 9.88. The van der Waals surface area contributed by atoms with Crippen molar-refractivity contribution in [1.82, 2.24) is 15.5 Å². The van der Waals surface area contributed by atoms with E-state index in [9.17, 15) is 18.0 Å². The monoisotopic (exact) mass is 334 g/mol. The van der Waals surface area contributed by atoms with E-state index in [2.05, 4.69) is 15.5 Å². The second-order valence-electron chi connectivity index (χ2n) is 6.66. The molecule has 2 rings (SSSR count). The molecule has 1 aliphatic rings. The topological polar surface area (TPSA) is 70.2 Å². The highest BCUT2D eigenvalue weighted by Crippen LogP contribution is 2.38. The summed E-state index contributed by atoms with van der Waals surface area (Å²) in [6.45, 7) is 4.84. The molecule has 0 spiro atoms. The molecule has 0 aliphatic carbocycles. The first-order valence-electron chi connectivity index (χ1n) is 7.35. The van der Waals surface area contributed by atoms with Crippen LogP contribution in [0, 0.1) is 0 Å². The van der Waals surface area contributed by atoms with E-state index in [1.165, 1.54) is 4.90 Å². The maximum absolute atomic E-state index is 13.7. The Labute approximate surface area is 132 Å². The molecular formula is C14H21F3N4O2. The van der Waals surface area contributed by atoms with Crippen molar-refractivity contribution in [2.24, 2.45) is 0 Å². The fraction of sp³-hybridized carbons (Fsp3) is 0.714. The highest BCUT2D eigenvalue weighted by atomic mass is 19.4. The van der Waals surface area contributed by atoms with E-state index in [0.29, 0.717) is 12.4 Å². The first-order valence-corrected chi connectivity index (χ1v) is 7.35. The van der Waals surface area contributed by atoms with Crippen LogP contribution < -0.4 is 10.2 Å². The molecule has 0 saturated carbocycles. The third-order valence-electron chi connectivity index (χ3n) is 3.59. The van der Waals surface area contributed by atoms with Crippen LogP contribution in [0.15, 0.2) is 12.3 Å². The number of carbonyl (C=O) groups excluding carboxylic acids is 1. The van der Waals surface area contributed by atoms with Crippen molar-refractivity contribution in [2.75, 3.05) is 18.0 Å². The molecule has 1 amide bonds. The van der Waals surface area contributed by atoms with Crippen molar-refractivity contribution in [3.8, 4) is 0 Å². The average Bonchev–Trinajstić information content (AvgIpc) is 2.88. The molecule has 1 saturated heterocycles. The number of alkyl halides is 3. The lowest BCUT2D eigenvalue weighted by Gasteiger charge is -2.44. The predicted molar refractivity (Wildman–Crippen MR) is 78.2 cm³/mol. The number of hydrogen-bond donors (Lipinski definition) is 2. The molecule has 2 heterocycles. The summed E-state index contributed by atoms with van der Waals surface area (Å²) < 4.78 is 46.0. The Bertz CT molecular complexity index is 539.